The first kappa shape index (κ1) is 20.1. The van der Waals surface area contributed by atoms with E-state index in [4.69, 9.17) is 4.74 Å². The molecule has 5 heteroatoms. The Morgan fingerprint density at radius 3 is 2.53 bits per heavy atom. The van der Waals surface area contributed by atoms with Gasteiger partial charge in [-0.2, -0.15) is 0 Å². The molecule has 154 valence electrons. The van der Waals surface area contributed by atoms with Crippen molar-refractivity contribution in [3.8, 4) is 5.75 Å². The Hall–Kier alpha value is -3.21. The number of hydrogen-bond acceptors (Lipinski definition) is 3. The van der Waals surface area contributed by atoms with Crippen molar-refractivity contribution in [1.82, 2.24) is 9.88 Å². The molecule has 0 atom stereocenters. The summed E-state index contributed by atoms with van der Waals surface area (Å²) in [5.74, 6) is 0.443. The molecule has 1 fully saturated rings. The Morgan fingerprint density at radius 1 is 1.00 bits per heavy atom. The number of amides is 1. The number of ether oxygens (including phenoxy) is 1. The molecule has 0 saturated heterocycles. The van der Waals surface area contributed by atoms with Crippen LogP contribution in [0.3, 0.4) is 0 Å². The van der Waals surface area contributed by atoms with Crippen molar-refractivity contribution in [2.45, 2.75) is 44.9 Å². The summed E-state index contributed by atoms with van der Waals surface area (Å²) < 4.78 is 18.9. The Kier molecular flexibility index (Phi) is 6.38. The van der Waals surface area contributed by atoms with E-state index in [-0.39, 0.29) is 17.8 Å². The summed E-state index contributed by atoms with van der Waals surface area (Å²) in [6, 6.07) is 19.8. The number of pyridine rings is 1. The standard InChI is InChI=1S/C25H25FN2O2/c26-21-13-11-19(12-14-21)18-30-23-9-5-6-20(16-23)17-28(22-7-1-2-8-22)25(29)24-10-3-4-15-27-24/h3-6,9-16,22H,1-2,7-8,17-18H2. The monoisotopic (exact) mass is 404 g/mol. The number of benzene rings is 2. The Balaban J connectivity index is 1.48. The van der Waals surface area contributed by atoms with E-state index in [0.717, 1.165) is 42.6 Å². The maximum atomic E-state index is 13.2. The van der Waals surface area contributed by atoms with Crippen LogP contribution in [0.5, 0.6) is 5.75 Å². The fourth-order valence-electron chi connectivity index (χ4n) is 3.90. The zero-order valence-corrected chi connectivity index (χ0v) is 16.8. The van der Waals surface area contributed by atoms with E-state index in [9.17, 15) is 9.18 Å². The number of hydrogen-bond donors (Lipinski definition) is 0. The molecule has 4 nitrogen and oxygen atoms in total. The molecule has 4 rings (SSSR count). The lowest BCUT2D eigenvalue weighted by Gasteiger charge is -2.29. The minimum Gasteiger partial charge on any atom is -0.489 e. The number of aromatic nitrogens is 1. The Bertz CT molecular complexity index is 970. The predicted octanol–water partition coefficient (Wildman–Crippen LogP) is 5.38. The molecule has 2 aromatic carbocycles. The second-order valence-corrected chi connectivity index (χ2v) is 7.65. The highest BCUT2D eigenvalue weighted by Gasteiger charge is 2.28. The van der Waals surface area contributed by atoms with E-state index >= 15 is 0 Å². The third-order valence-electron chi connectivity index (χ3n) is 5.48. The lowest BCUT2D eigenvalue weighted by molar-refractivity contribution is 0.0658. The molecule has 1 aliphatic carbocycles. The van der Waals surface area contributed by atoms with Crippen LogP contribution in [0.15, 0.2) is 72.9 Å². The van der Waals surface area contributed by atoms with E-state index in [1.54, 1.807) is 24.4 Å². The molecule has 1 heterocycles. The molecule has 0 N–H and O–H groups in total. The van der Waals surface area contributed by atoms with E-state index in [1.807, 2.05) is 41.3 Å². The second-order valence-electron chi connectivity index (χ2n) is 7.65. The van der Waals surface area contributed by atoms with Crippen molar-refractivity contribution in [3.63, 3.8) is 0 Å². The maximum Gasteiger partial charge on any atom is 0.272 e. The summed E-state index contributed by atoms with van der Waals surface area (Å²) in [6.45, 7) is 0.886. The van der Waals surface area contributed by atoms with Gasteiger partial charge in [-0.1, -0.05) is 43.2 Å². The van der Waals surface area contributed by atoms with Crippen LogP contribution in [0.4, 0.5) is 4.39 Å². The van der Waals surface area contributed by atoms with Crippen molar-refractivity contribution < 1.29 is 13.9 Å². The molecule has 3 aromatic rings. The minimum atomic E-state index is -0.259. The summed E-state index contributed by atoms with van der Waals surface area (Å²) in [7, 11) is 0. The van der Waals surface area contributed by atoms with Crippen LogP contribution in [0, 0.1) is 5.82 Å². The lowest BCUT2D eigenvalue weighted by Crippen LogP contribution is -2.38. The third-order valence-corrected chi connectivity index (χ3v) is 5.48. The predicted molar refractivity (Wildman–Crippen MR) is 114 cm³/mol. The average Bonchev–Trinajstić information content (AvgIpc) is 3.32. The lowest BCUT2D eigenvalue weighted by atomic mass is 10.1. The van der Waals surface area contributed by atoms with Gasteiger partial charge in [0, 0.05) is 18.8 Å². The summed E-state index contributed by atoms with van der Waals surface area (Å²) in [4.78, 5) is 19.4. The van der Waals surface area contributed by atoms with Crippen molar-refractivity contribution >= 4 is 5.91 Å². The molecular weight excluding hydrogens is 379 g/mol. The Labute approximate surface area is 176 Å². The molecule has 0 radical (unpaired) electrons. The number of nitrogens with zero attached hydrogens (tertiary/aromatic N) is 2. The molecule has 1 aliphatic rings. The van der Waals surface area contributed by atoms with Crippen LogP contribution < -0.4 is 4.74 Å². The van der Waals surface area contributed by atoms with Gasteiger partial charge in [0.2, 0.25) is 0 Å². The first-order valence-electron chi connectivity index (χ1n) is 10.4. The number of rotatable bonds is 7. The molecule has 1 saturated carbocycles. The van der Waals surface area contributed by atoms with Gasteiger partial charge in [0.15, 0.2) is 0 Å². The van der Waals surface area contributed by atoms with E-state index in [2.05, 4.69) is 4.98 Å². The first-order chi connectivity index (χ1) is 14.7. The average molecular weight is 404 g/mol. The van der Waals surface area contributed by atoms with Crippen LogP contribution >= 0.6 is 0 Å². The van der Waals surface area contributed by atoms with Gasteiger partial charge in [-0.05, 0) is 60.4 Å². The van der Waals surface area contributed by atoms with Gasteiger partial charge < -0.3 is 9.64 Å². The first-order valence-corrected chi connectivity index (χ1v) is 10.4. The number of halogens is 1. The summed E-state index contributed by atoms with van der Waals surface area (Å²) in [6.07, 6.45) is 6.01. The normalized spacial score (nSPS) is 13.9. The van der Waals surface area contributed by atoms with Gasteiger partial charge in [-0.3, -0.25) is 9.78 Å². The smallest absolute Gasteiger partial charge is 0.272 e. The van der Waals surface area contributed by atoms with Crippen molar-refractivity contribution in [2.24, 2.45) is 0 Å². The fraction of sp³-hybridized carbons (Fsp3) is 0.280. The summed E-state index contributed by atoms with van der Waals surface area (Å²) in [5, 5.41) is 0. The van der Waals surface area contributed by atoms with E-state index in [0.29, 0.717) is 18.8 Å². The zero-order valence-electron chi connectivity index (χ0n) is 16.8. The quantitative estimate of drug-likeness (QED) is 0.531. The van der Waals surface area contributed by atoms with Gasteiger partial charge in [0.25, 0.3) is 5.91 Å². The highest BCUT2D eigenvalue weighted by Crippen LogP contribution is 2.27. The van der Waals surface area contributed by atoms with Crippen LogP contribution in [0.1, 0.15) is 47.3 Å². The largest absolute Gasteiger partial charge is 0.489 e. The van der Waals surface area contributed by atoms with Crippen LogP contribution in [0.25, 0.3) is 0 Å². The van der Waals surface area contributed by atoms with Gasteiger partial charge >= 0.3 is 0 Å². The maximum absolute atomic E-state index is 13.2. The molecule has 0 aliphatic heterocycles. The number of carbonyl (C=O) groups excluding carboxylic acids is 1. The molecular formula is C25H25FN2O2. The van der Waals surface area contributed by atoms with Gasteiger partial charge in [-0.15, -0.1) is 0 Å². The molecule has 30 heavy (non-hydrogen) atoms. The summed E-state index contributed by atoms with van der Waals surface area (Å²) in [5.41, 5.74) is 2.40. The van der Waals surface area contributed by atoms with Gasteiger partial charge in [0.1, 0.15) is 23.9 Å². The third kappa shape index (κ3) is 5.03. The van der Waals surface area contributed by atoms with Gasteiger partial charge in [0.05, 0.1) is 0 Å². The van der Waals surface area contributed by atoms with Crippen molar-refractivity contribution in [2.75, 3.05) is 0 Å². The zero-order chi connectivity index (χ0) is 20.8. The summed E-state index contributed by atoms with van der Waals surface area (Å²) >= 11 is 0. The molecule has 0 unspecified atom stereocenters. The van der Waals surface area contributed by atoms with Gasteiger partial charge in [-0.25, -0.2) is 4.39 Å². The van der Waals surface area contributed by atoms with E-state index < -0.39 is 0 Å². The second kappa shape index (κ2) is 9.53. The van der Waals surface area contributed by atoms with Crippen molar-refractivity contribution in [1.29, 1.82) is 0 Å². The SMILES string of the molecule is O=C(c1ccccn1)N(Cc1cccc(OCc2ccc(F)cc2)c1)C1CCCC1. The molecule has 0 bridgehead atoms. The topological polar surface area (TPSA) is 42.4 Å². The molecule has 1 aromatic heterocycles. The van der Waals surface area contributed by atoms with Crippen LogP contribution in [-0.2, 0) is 13.2 Å². The minimum absolute atomic E-state index is 0.0277. The number of carbonyl (C=O) groups is 1. The highest BCUT2D eigenvalue weighted by atomic mass is 19.1. The van der Waals surface area contributed by atoms with Crippen LogP contribution in [0.2, 0.25) is 0 Å². The Morgan fingerprint density at radius 2 is 1.80 bits per heavy atom. The van der Waals surface area contributed by atoms with E-state index in [1.165, 1.54) is 12.1 Å². The fourth-order valence-corrected chi connectivity index (χ4v) is 3.90. The van der Waals surface area contributed by atoms with Crippen molar-refractivity contribution in [3.05, 3.63) is 95.6 Å². The molecule has 1 amide bonds. The molecule has 0 spiro atoms. The highest BCUT2D eigenvalue weighted by molar-refractivity contribution is 5.92. The van der Waals surface area contributed by atoms with Crippen LogP contribution in [-0.4, -0.2) is 21.8 Å².